The Kier molecular flexibility index (Phi) is 3.08. The van der Waals surface area contributed by atoms with Gasteiger partial charge in [-0.25, -0.2) is 0 Å². The minimum absolute atomic E-state index is 0.266. The fraction of sp³-hybridized carbons (Fsp3) is 0.111. The molecule has 0 amide bonds. The van der Waals surface area contributed by atoms with E-state index in [2.05, 4.69) is 6.58 Å². The van der Waals surface area contributed by atoms with Gasteiger partial charge in [-0.05, 0) is 11.1 Å². The third-order valence-corrected chi connectivity index (χ3v) is 1.61. The average Bonchev–Trinajstić information content (AvgIpc) is 2.03. The Bertz CT molecular complexity index is 271. The Labute approximate surface area is 72.3 Å². The maximum atomic E-state index is 8.70. The third kappa shape index (κ3) is 2.53. The molecule has 0 unspecified atom stereocenters. The molecule has 0 saturated heterocycles. The molecule has 12 heavy (non-hydrogen) atoms. The van der Waals surface area contributed by atoms with Gasteiger partial charge in [0.15, 0.2) is 0 Å². The van der Waals surface area contributed by atoms with Crippen molar-refractivity contribution in [3.63, 3.8) is 0 Å². The van der Waals surface area contributed by atoms with Gasteiger partial charge in [0, 0.05) is 6.32 Å². The van der Waals surface area contributed by atoms with Gasteiger partial charge in [0.1, 0.15) is 0 Å². The van der Waals surface area contributed by atoms with Crippen LogP contribution >= 0.6 is 0 Å². The summed E-state index contributed by atoms with van der Waals surface area (Å²) in [6.45, 7) is 3.63. The maximum absolute atomic E-state index is 8.70. The molecule has 0 atom stereocenters. The predicted octanol–water partition coefficient (Wildman–Crippen LogP) is 0.884. The molecule has 1 aromatic rings. The summed E-state index contributed by atoms with van der Waals surface area (Å²) in [5.74, 6) is 0. The zero-order chi connectivity index (χ0) is 8.97. The number of hydrogen-bond donors (Lipinski definition) is 2. The van der Waals surface area contributed by atoms with E-state index in [1.807, 2.05) is 24.3 Å². The van der Waals surface area contributed by atoms with E-state index >= 15 is 0 Å². The summed E-state index contributed by atoms with van der Waals surface area (Å²) in [7, 11) is -1.27. The number of hydrogen-bond acceptors (Lipinski definition) is 2. The monoisotopic (exact) mass is 162 g/mol. The van der Waals surface area contributed by atoms with Crippen LogP contribution in [-0.4, -0.2) is 17.2 Å². The Balaban J connectivity index is 2.79. The van der Waals surface area contributed by atoms with E-state index < -0.39 is 7.12 Å². The SMILES string of the molecule is C=Cc1cccc(CB(O)O)c1. The molecule has 0 aromatic heterocycles. The van der Waals surface area contributed by atoms with Crippen molar-refractivity contribution in [3.8, 4) is 0 Å². The van der Waals surface area contributed by atoms with Gasteiger partial charge >= 0.3 is 7.12 Å². The van der Waals surface area contributed by atoms with Crippen LogP contribution in [0.1, 0.15) is 11.1 Å². The van der Waals surface area contributed by atoms with Crippen LogP contribution in [0.3, 0.4) is 0 Å². The fourth-order valence-electron chi connectivity index (χ4n) is 1.06. The number of benzene rings is 1. The highest BCUT2D eigenvalue weighted by molar-refractivity contribution is 6.40. The molecule has 0 saturated carbocycles. The highest BCUT2D eigenvalue weighted by Crippen LogP contribution is 2.07. The van der Waals surface area contributed by atoms with E-state index in [4.69, 9.17) is 10.0 Å². The van der Waals surface area contributed by atoms with Crippen LogP contribution in [0.4, 0.5) is 0 Å². The molecule has 0 bridgehead atoms. The summed E-state index contributed by atoms with van der Waals surface area (Å²) in [6.07, 6.45) is 1.99. The molecule has 0 heterocycles. The summed E-state index contributed by atoms with van der Waals surface area (Å²) in [4.78, 5) is 0. The smallest absolute Gasteiger partial charge is 0.427 e. The lowest BCUT2D eigenvalue weighted by Crippen LogP contribution is -2.14. The predicted molar refractivity (Wildman–Crippen MR) is 50.4 cm³/mol. The second-order valence-electron chi connectivity index (χ2n) is 2.63. The van der Waals surface area contributed by atoms with Gasteiger partial charge in [-0.15, -0.1) is 0 Å². The lowest BCUT2D eigenvalue weighted by molar-refractivity contribution is 0.405. The molecule has 1 rings (SSSR count). The van der Waals surface area contributed by atoms with Crippen LogP contribution in [0.25, 0.3) is 6.08 Å². The minimum Gasteiger partial charge on any atom is -0.427 e. The molecule has 0 spiro atoms. The van der Waals surface area contributed by atoms with Gasteiger partial charge in [0.05, 0.1) is 0 Å². The van der Waals surface area contributed by atoms with Crippen molar-refractivity contribution in [2.45, 2.75) is 6.32 Å². The van der Waals surface area contributed by atoms with Crippen molar-refractivity contribution in [2.75, 3.05) is 0 Å². The summed E-state index contributed by atoms with van der Waals surface area (Å²) < 4.78 is 0. The largest absolute Gasteiger partial charge is 0.456 e. The first-order valence-electron chi connectivity index (χ1n) is 3.80. The Morgan fingerprint density at radius 1 is 1.42 bits per heavy atom. The first-order valence-corrected chi connectivity index (χ1v) is 3.80. The van der Waals surface area contributed by atoms with Gasteiger partial charge in [-0.2, -0.15) is 0 Å². The molecule has 1 aromatic carbocycles. The summed E-state index contributed by atoms with van der Waals surface area (Å²) in [5, 5.41) is 17.4. The van der Waals surface area contributed by atoms with E-state index in [1.165, 1.54) is 0 Å². The van der Waals surface area contributed by atoms with E-state index in [1.54, 1.807) is 6.08 Å². The Hall–Kier alpha value is -1.06. The molecular weight excluding hydrogens is 151 g/mol. The topological polar surface area (TPSA) is 40.5 Å². The van der Waals surface area contributed by atoms with Crippen LogP contribution in [-0.2, 0) is 6.32 Å². The lowest BCUT2D eigenvalue weighted by atomic mass is 9.82. The highest BCUT2D eigenvalue weighted by Gasteiger charge is 2.07. The van der Waals surface area contributed by atoms with Crippen LogP contribution in [0, 0.1) is 0 Å². The molecule has 0 radical (unpaired) electrons. The second-order valence-corrected chi connectivity index (χ2v) is 2.63. The van der Waals surface area contributed by atoms with Crippen molar-refractivity contribution in [1.82, 2.24) is 0 Å². The first kappa shape index (κ1) is 9.04. The quantitative estimate of drug-likeness (QED) is 0.647. The van der Waals surface area contributed by atoms with Crippen molar-refractivity contribution in [1.29, 1.82) is 0 Å². The first-order chi connectivity index (χ1) is 5.72. The van der Waals surface area contributed by atoms with E-state index in [9.17, 15) is 0 Å². The lowest BCUT2D eigenvalue weighted by Gasteiger charge is -2.00. The molecule has 2 N–H and O–H groups in total. The minimum atomic E-state index is -1.27. The van der Waals surface area contributed by atoms with Gasteiger partial charge in [0.25, 0.3) is 0 Å². The van der Waals surface area contributed by atoms with Gasteiger partial charge < -0.3 is 10.0 Å². The molecule has 3 heteroatoms. The Morgan fingerprint density at radius 2 is 2.17 bits per heavy atom. The maximum Gasteiger partial charge on any atom is 0.456 e. The normalized spacial score (nSPS) is 9.50. The van der Waals surface area contributed by atoms with Crippen molar-refractivity contribution in [3.05, 3.63) is 42.0 Å². The van der Waals surface area contributed by atoms with Gasteiger partial charge in [0.2, 0.25) is 0 Å². The third-order valence-electron chi connectivity index (χ3n) is 1.61. The standard InChI is InChI=1S/C9H11BO2/c1-2-8-4-3-5-9(6-8)7-10(11)12/h2-6,11-12H,1,7H2. The highest BCUT2D eigenvalue weighted by atomic mass is 16.4. The second kappa shape index (κ2) is 4.09. The van der Waals surface area contributed by atoms with Crippen molar-refractivity contribution < 1.29 is 10.0 Å². The zero-order valence-electron chi connectivity index (χ0n) is 6.77. The Morgan fingerprint density at radius 3 is 2.75 bits per heavy atom. The number of rotatable bonds is 3. The van der Waals surface area contributed by atoms with Crippen LogP contribution in [0.15, 0.2) is 30.8 Å². The van der Waals surface area contributed by atoms with Crippen molar-refractivity contribution >= 4 is 13.2 Å². The van der Waals surface area contributed by atoms with Gasteiger partial charge in [-0.1, -0.05) is 36.9 Å². The van der Waals surface area contributed by atoms with Crippen LogP contribution in [0.2, 0.25) is 0 Å². The molecule has 62 valence electrons. The molecule has 2 nitrogen and oxygen atoms in total. The molecule has 0 aliphatic rings. The van der Waals surface area contributed by atoms with E-state index in [-0.39, 0.29) is 6.32 Å². The van der Waals surface area contributed by atoms with E-state index in [0.717, 1.165) is 11.1 Å². The molecule has 0 aliphatic heterocycles. The summed E-state index contributed by atoms with van der Waals surface area (Å²) in [5.41, 5.74) is 1.90. The van der Waals surface area contributed by atoms with Gasteiger partial charge in [-0.3, -0.25) is 0 Å². The molecule has 0 aliphatic carbocycles. The van der Waals surface area contributed by atoms with Crippen LogP contribution < -0.4 is 0 Å². The average molecular weight is 162 g/mol. The molecule has 0 fully saturated rings. The van der Waals surface area contributed by atoms with E-state index in [0.29, 0.717) is 0 Å². The molecular formula is C9H11BO2. The summed E-state index contributed by atoms with van der Waals surface area (Å²) in [6, 6.07) is 7.52. The fourth-order valence-corrected chi connectivity index (χ4v) is 1.06. The zero-order valence-corrected chi connectivity index (χ0v) is 6.77. The van der Waals surface area contributed by atoms with Crippen LogP contribution in [0.5, 0.6) is 0 Å². The summed E-state index contributed by atoms with van der Waals surface area (Å²) >= 11 is 0. The van der Waals surface area contributed by atoms with Crippen molar-refractivity contribution in [2.24, 2.45) is 0 Å².